The van der Waals surface area contributed by atoms with Gasteiger partial charge in [-0.15, -0.1) is 0 Å². The number of nitrogens with one attached hydrogen (secondary N) is 2. The van der Waals surface area contributed by atoms with Crippen LogP contribution in [0.4, 0.5) is 0 Å². The molecule has 2 N–H and O–H groups in total. The van der Waals surface area contributed by atoms with Gasteiger partial charge in [0.15, 0.2) is 5.66 Å². The molecule has 0 amide bonds. The third-order valence-corrected chi connectivity index (χ3v) is 6.99. The van der Waals surface area contributed by atoms with Crippen molar-refractivity contribution in [1.82, 2.24) is 35.7 Å². The zero-order chi connectivity index (χ0) is 20.7. The Labute approximate surface area is 184 Å². The van der Waals surface area contributed by atoms with Gasteiger partial charge in [0, 0.05) is 45.8 Å². The highest BCUT2D eigenvalue weighted by Gasteiger charge is 2.61. The van der Waals surface area contributed by atoms with Crippen molar-refractivity contribution in [3.63, 3.8) is 0 Å². The highest BCUT2D eigenvalue weighted by molar-refractivity contribution is 5.38. The van der Waals surface area contributed by atoms with Gasteiger partial charge < -0.3 is 14.5 Å². The molecule has 1 atom stereocenters. The average Bonchev–Trinajstić information content (AvgIpc) is 3.63. The molecule has 9 heteroatoms. The Morgan fingerprint density at radius 3 is 2.45 bits per heavy atom. The standard InChI is InChI=1S/C22H33N7O2/c1-2-7-19(8-3-1)22(26-15-16-30-18-26)20(25-14-10-23-17-25)21(28-13-6-9-24-28)31-29(22)27-11-4-5-12-27/h1-3,7-8,23-24H,4-6,9-18H2. The minimum Gasteiger partial charge on any atom is -0.367 e. The van der Waals surface area contributed by atoms with Crippen LogP contribution in [0.25, 0.3) is 0 Å². The summed E-state index contributed by atoms with van der Waals surface area (Å²) in [5, 5.41) is 10.3. The van der Waals surface area contributed by atoms with Gasteiger partial charge in [-0.05, 0) is 30.0 Å². The molecule has 0 radical (unpaired) electrons. The number of nitrogens with zero attached hydrogens (tertiary/aromatic N) is 5. The summed E-state index contributed by atoms with van der Waals surface area (Å²) in [5.41, 5.74) is 5.43. The van der Waals surface area contributed by atoms with Crippen molar-refractivity contribution in [2.75, 3.05) is 65.8 Å². The molecule has 9 nitrogen and oxygen atoms in total. The van der Waals surface area contributed by atoms with E-state index in [2.05, 4.69) is 66.1 Å². The van der Waals surface area contributed by atoms with Gasteiger partial charge in [-0.3, -0.25) is 10.3 Å². The fourth-order valence-corrected chi connectivity index (χ4v) is 5.55. The van der Waals surface area contributed by atoms with Gasteiger partial charge in [0.2, 0.25) is 0 Å². The molecule has 0 spiro atoms. The number of rotatable bonds is 5. The first-order chi connectivity index (χ1) is 15.4. The molecule has 5 aliphatic rings. The summed E-state index contributed by atoms with van der Waals surface area (Å²) in [6.07, 6.45) is 3.51. The summed E-state index contributed by atoms with van der Waals surface area (Å²) in [6.45, 7) is 8.93. The zero-order valence-electron chi connectivity index (χ0n) is 18.1. The predicted molar refractivity (Wildman–Crippen MR) is 115 cm³/mol. The monoisotopic (exact) mass is 427 g/mol. The minimum atomic E-state index is -0.562. The summed E-state index contributed by atoms with van der Waals surface area (Å²) >= 11 is 0. The maximum absolute atomic E-state index is 6.87. The van der Waals surface area contributed by atoms with Crippen molar-refractivity contribution in [2.45, 2.75) is 24.9 Å². The van der Waals surface area contributed by atoms with Crippen molar-refractivity contribution in [3.05, 3.63) is 47.5 Å². The van der Waals surface area contributed by atoms with Crippen molar-refractivity contribution >= 4 is 0 Å². The number of ether oxygens (including phenoxy) is 1. The molecule has 1 unspecified atom stereocenters. The van der Waals surface area contributed by atoms with E-state index >= 15 is 0 Å². The molecule has 4 fully saturated rings. The van der Waals surface area contributed by atoms with E-state index in [4.69, 9.17) is 9.57 Å². The SMILES string of the molecule is c1ccc(C2(N3CCOC3)C(N3CCNC3)=C(N3CCCN3)ON2N2CCCC2)cc1. The van der Waals surface area contributed by atoms with E-state index in [1.165, 1.54) is 24.1 Å². The third-order valence-electron chi connectivity index (χ3n) is 6.99. The van der Waals surface area contributed by atoms with Crippen LogP contribution in [-0.2, 0) is 15.2 Å². The quantitative estimate of drug-likeness (QED) is 0.705. The third kappa shape index (κ3) is 3.14. The van der Waals surface area contributed by atoms with E-state index in [1.807, 2.05) is 0 Å². The summed E-state index contributed by atoms with van der Waals surface area (Å²) in [7, 11) is 0. The predicted octanol–water partition coefficient (Wildman–Crippen LogP) is 0.629. The molecule has 0 saturated carbocycles. The molecular formula is C22H33N7O2. The number of benzene rings is 1. The van der Waals surface area contributed by atoms with E-state index in [1.54, 1.807) is 0 Å². The topological polar surface area (TPSA) is 58.7 Å². The Bertz CT molecular complexity index is 797. The Morgan fingerprint density at radius 2 is 1.77 bits per heavy atom. The van der Waals surface area contributed by atoms with Crippen molar-refractivity contribution in [1.29, 1.82) is 0 Å². The largest absolute Gasteiger partial charge is 0.367 e. The molecule has 5 heterocycles. The summed E-state index contributed by atoms with van der Waals surface area (Å²) in [5.74, 6) is 0.934. The van der Waals surface area contributed by atoms with Crippen LogP contribution in [0.5, 0.6) is 0 Å². The second-order valence-corrected chi connectivity index (χ2v) is 8.85. The van der Waals surface area contributed by atoms with E-state index in [0.717, 1.165) is 71.4 Å². The Kier molecular flexibility index (Phi) is 5.25. The fraction of sp³-hybridized carbons (Fsp3) is 0.636. The molecule has 31 heavy (non-hydrogen) atoms. The van der Waals surface area contributed by atoms with E-state index in [0.29, 0.717) is 6.73 Å². The van der Waals surface area contributed by atoms with Gasteiger partial charge in [-0.25, -0.2) is 15.3 Å². The molecule has 168 valence electrons. The van der Waals surface area contributed by atoms with Crippen LogP contribution in [-0.4, -0.2) is 90.8 Å². The van der Waals surface area contributed by atoms with Gasteiger partial charge in [-0.1, -0.05) is 30.3 Å². The molecule has 0 bridgehead atoms. The van der Waals surface area contributed by atoms with Gasteiger partial charge in [0.1, 0.15) is 12.4 Å². The Balaban J connectivity index is 1.57. The minimum absolute atomic E-state index is 0.562. The van der Waals surface area contributed by atoms with Crippen molar-refractivity contribution < 1.29 is 9.57 Å². The smallest absolute Gasteiger partial charge is 0.254 e. The molecule has 0 aromatic heterocycles. The zero-order valence-corrected chi connectivity index (χ0v) is 18.1. The summed E-state index contributed by atoms with van der Waals surface area (Å²) < 4.78 is 5.94. The number of hydrogen-bond acceptors (Lipinski definition) is 9. The maximum Gasteiger partial charge on any atom is 0.254 e. The molecule has 1 aromatic carbocycles. The Morgan fingerprint density at radius 1 is 0.903 bits per heavy atom. The number of hydroxylamine groups is 1. The molecule has 0 aliphatic carbocycles. The fourth-order valence-electron chi connectivity index (χ4n) is 5.55. The Hall–Kier alpha value is -1.88. The van der Waals surface area contributed by atoms with Crippen LogP contribution in [0.2, 0.25) is 0 Å². The van der Waals surface area contributed by atoms with Gasteiger partial charge in [0.25, 0.3) is 5.88 Å². The molecule has 1 aromatic rings. The first kappa shape index (κ1) is 19.8. The van der Waals surface area contributed by atoms with Crippen LogP contribution < -0.4 is 10.7 Å². The van der Waals surface area contributed by atoms with Crippen molar-refractivity contribution in [2.24, 2.45) is 0 Å². The number of hydrazine groups is 2. The normalized spacial score (nSPS) is 30.8. The molecule has 6 rings (SSSR count). The van der Waals surface area contributed by atoms with Crippen LogP contribution in [0.3, 0.4) is 0 Å². The van der Waals surface area contributed by atoms with Crippen LogP contribution in [0.15, 0.2) is 41.9 Å². The number of hydrogen-bond donors (Lipinski definition) is 2. The van der Waals surface area contributed by atoms with Gasteiger partial charge in [0.05, 0.1) is 13.3 Å². The van der Waals surface area contributed by atoms with E-state index in [9.17, 15) is 0 Å². The lowest BCUT2D eigenvalue weighted by molar-refractivity contribution is -0.327. The van der Waals surface area contributed by atoms with Crippen molar-refractivity contribution in [3.8, 4) is 0 Å². The molecule has 5 aliphatic heterocycles. The van der Waals surface area contributed by atoms with Crippen LogP contribution in [0.1, 0.15) is 24.8 Å². The van der Waals surface area contributed by atoms with Gasteiger partial charge >= 0.3 is 0 Å². The highest BCUT2D eigenvalue weighted by Crippen LogP contribution is 2.50. The van der Waals surface area contributed by atoms with E-state index in [-0.39, 0.29) is 0 Å². The average molecular weight is 428 g/mol. The first-order valence-corrected chi connectivity index (χ1v) is 11.7. The lowest BCUT2D eigenvalue weighted by atomic mass is 9.93. The molecular weight excluding hydrogens is 394 g/mol. The van der Waals surface area contributed by atoms with Crippen LogP contribution in [0, 0.1) is 0 Å². The van der Waals surface area contributed by atoms with E-state index < -0.39 is 5.66 Å². The first-order valence-electron chi connectivity index (χ1n) is 11.7. The van der Waals surface area contributed by atoms with Crippen LogP contribution >= 0.6 is 0 Å². The second-order valence-electron chi connectivity index (χ2n) is 8.85. The summed E-state index contributed by atoms with van der Waals surface area (Å²) in [4.78, 5) is 11.8. The maximum atomic E-state index is 6.87. The highest BCUT2D eigenvalue weighted by atomic mass is 16.7. The summed E-state index contributed by atoms with van der Waals surface area (Å²) in [6, 6.07) is 10.9. The lowest BCUT2D eigenvalue weighted by Crippen LogP contribution is -2.62. The lowest BCUT2D eigenvalue weighted by Gasteiger charge is -2.47. The second kappa shape index (κ2) is 8.23. The van der Waals surface area contributed by atoms with Gasteiger partial charge in [-0.2, -0.15) is 0 Å². The molecule has 4 saturated heterocycles.